The molecule has 0 aliphatic rings. The zero-order chi connectivity index (χ0) is 18.9. The minimum absolute atomic E-state index is 0.486. The van der Waals surface area contributed by atoms with Gasteiger partial charge in [-0.2, -0.15) is 39.5 Å². The van der Waals surface area contributed by atoms with Crippen LogP contribution in [0.5, 0.6) is 0 Å². The van der Waals surface area contributed by atoms with E-state index in [9.17, 15) is 48.3 Å². The lowest BCUT2D eigenvalue weighted by Crippen LogP contribution is -2.54. The van der Waals surface area contributed by atoms with Crippen LogP contribution in [0.3, 0.4) is 0 Å². The van der Waals surface area contributed by atoms with Crippen molar-refractivity contribution < 1.29 is 57.8 Å². The predicted molar refractivity (Wildman–Crippen MR) is 52.3 cm³/mol. The molecule has 2 atom stereocenters. The van der Waals surface area contributed by atoms with Crippen molar-refractivity contribution in [2.75, 3.05) is 6.61 Å². The molecule has 0 amide bonds. The van der Waals surface area contributed by atoms with E-state index in [4.69, 9.17) is 0 Å². The molecule has 0 bridgehead atoms. The minimum atomic E-state index is -6.40. The molecule has 0 aromatic carbocycles. The maximum absolute atomic E-state index is 13.5. The SMILES string of the molecule is C=C(F)C(F)(F)OC(F)(COC(F)(CC)C(F)(F)F)C(F)(F)F. The summed E-state index contributed by atoms with van der Waals surface area (Å²) in [5.74, 6) is -13.3. The van der Waals surface area contributed by atoms with Crippen LogP contribution < -0.4 is 0 Å². The third-order valence-electron chi connectivity index (χ3n) is 2.39. The van der Waals surface area contributed by atoms with E-state index in [1.165, 1.54) is 0 Å². The van der Waals surface area contributed by atoms with Crippen LogP contribution in [-0.4, -0.2) is 36.8 Å². The fourth-order valence-corrected chi connectivity index (χ4v) is 1.02. The Labute approximate surface area is 121 Å². The summed E-state index contributed by atoms with van der Waals surface area (Å²) < 4.78 is 144. The summed E-state index contributed by atoms with van der Waals surface area (Å²) in [6, 6.07) is 0. The van der Waals surface area contributed by atoms with Gasteiger partial charge in [0.25, 0.3) is 0 Å². The summed E-state index contributed by atoms with van der Waals surface area (Å²) in [4.78, 5) is 0. The van der Waals surface area contributed by atoms with Crippen LogP contribution >= 0.6 is 0 Å². The fraction of sp³-hybridized carbons (Fsp3) is 0.800. The molecule has 138 valence electrons. The zero-order valence-electron chi connectivity index (χ0n) is 11.1. The Morgan fingerprint density at radius 3 is 1.48 bits per heavy atom. The maximum atomic E-state index is 13.5. The fourth-order valence-electron chi connectivity index (χ4n) is 1.02. The van der Waals surface area contributed by atoms with Crippen LogP contribution in [0.1, 0.15) is 13.3 Å². The van der Waals surface area contributed by atoms with Crippen LogP contribution in [0.2, 0.25) is 0 Å². The zero-order valence-corrected chi connectivity index (χ0v) is 11.1. The van der Waals surface area contributed by atoms with Crippen molar-refractivity contribution in [1.29, 1.82) is 0 Å². The largest absolute Gasteiger partial charge is 0.451 e. The number of hydrogen-bond acceptors (Lipinski definition) is 2. The molecule has 0 rings (SSSR count). The van der Waals surface area contributed by atoms with Gasteiger partial charge in [0.05, 0.1) is 0 Å². The molecule has 0 fully saturated rings. The topological polar surface area (TPSA) is 18.5 Å². The number of halogens is 11. The van der Waals surface area contributed by atoms with Gasteiger partial charge >= 0.3 is 30.2 Å². The van der Waals surface area contributed by atoms with Crippen molar-refractivity contribution in [3.05, 3.63) is 12.4 Å². The van der Waals surface area contributed by atoms with Gasteiger partial charge in [-0.3, -0.25) is 4.74 Å². The minimum Gasteiger partial charge on any atom is -0.333 e. The number of rotatable bonds is 7. The third-order valence-corrected chi connectivity index (χ3v) is 2.39. The van der Waals surface area contributed by atoms with Crippen molar-refractivity contribution in [1.82, 2.24) is 0 Å². The molecule has 23 heavy (non-hydrogen) atoms. The second-order valence-corrected chi connectivity index (χ2v) is 4.12. The molecule has 0 N–H and O–H groups in total. The Balaban J connectivity index is 5.50. The lowest BCUT2D eigenvalue weighted by molar-refractivity contribution is -0.430. The molecule has 0 aliphatic heterocycles. The van der Waals surface area contributed by atoms with Crippen molar-refractivity contribution in [3.8, 4) is 0 Å². The smallest absolute Gasteiger partial charge is 0.333 e. The van der Waals surface area contributed by atoms with E-state index >= 15 is 0 Å². The van der Waals surface area contributed by atoms with Gasteiger partial charge in [-0.1, -0.05) is 13.5 Å². The van der Waals surface area contributed by atoms with Crippen LogP contribution in [0.4, 0.5) is 48.3 Å². The highest BCUT2D eigenvalue weighted by atomic mass is 19.4. The van der Waals surface area contributed by atoms with E-state index in [1.54, 1.807) is 0 Å². The van der Waals surface area contributed by atoms with Crippen LogP contribution in [-0.2, 0) is 9.47 Å². The van der Waals surface area contributed by atoms with Crippen LogP contribution in [0, 0.1) is 0 Å². The first kappa shape index (κ1) is 21.9. The summed E-state index contributed by atoms with van der Waals surface area (Å²) in [6.07, 6.45) is -19.4. The highest BCUT2D eigenvalue weighted by Crippen LogP contribution is 2.44. The monoisotopic (exact) mass is 370 g/mol. The average molecular weight is 370 g/mol. The van der Waals surface area contributed by atoms with Gasteiger partial charge in [0, 0.05) is 6.42 Å². The van der Waals surface area contributed by atoms with Gasteiger partial charge in [-0.25, -0.2) is 8.78 Å². The summed E-state index contributed by atoms with van der Waals surface area (Å²) in [7, 11) is 0. The molecular weight excluding hydrogens is 361 g/mol. The molecule has 0 spiro atoms. The Morgan fingerprint density at radius 2 is 1.22 bits per heavy atom. The molecule has 2 nitrogen and oxygen atoms in total. The van der Waals surface area contributed by atoms with Crippen molar-refractivity contribution in [3.63, 3.8) is 0 Å². The number of hydrogen-bond donors (Lipinski definition) is 0. The summed E-state index contributed by atoms with van der Waals surface area (Å²) in [6.45, 7) is -0.596. The molecule has 2 unspecified atom stereocenters. The van der Waals surface area contributed by atoms with Crippen LogP contribution in [0.15, 0.2) is 12.4 Å². The molecule has 0 aromatic heterocycles. The van der Waals surface area contributed by atoms with Gasteiger partial charge in [-0.15, -0.1) is 0 Å². The second-order valence-electron chi connectivity index (χ2n) is 4.12. The van der Waals surface area contributed by atoms with Crippen LogP contribution in [0.25, 0.3) is 0 Å². The Bertz CT molecular complexity index is 430. The van der Waals surface area contributed by atoms with Gasteiger partial charge in [0.1, 0.15) is 6.61 Å². The molecular formula is C10H9F11O2. The maximum Gasteiger partial charge on any atom is 0.451 e. The van der Waals surface area contributed by atoms with Gasteiger partial charge in [0.15, 0.2) is 5.83 Å². The van der Waals surface area contributed by atoms with E-state index in [1.807, 2.05) is 6.58 Å². The van der Waals surface area contributed by atoms with Crippen molar-refractivity contribution >= 4 is 0 Å². The lowest BCUT2D eigenvalue weighted by atomic mass is 10.2. The molecule has 0 saturated carbocycles. The Morgan fingerprint density at radius 1 is 0.826 bits per heavy atom. The highest BCUT2D eigenvalue weighted by molar-refractivity contribution is 4.94. The second kappa shape index (κ2) is 6.42. The standard InChI is InChI=1S/C10H9F11O2/c1-3-6(12,9(16,17)18)22-4-7(13,10(19,20)21)23-8(14,15)5(2)11/h2-4H2,1H3. The summed E-state index contributed by atoms with van der Waals surface area (Å²) in [5.41, 5.74) is 0. The molecule has 0 aromatic rings. The van der Waals surface area contributed by atoms with E-state index in [0.717, 1.165) is 0 Å². The van der Waals surface area contributed by atoms with Gasteiger partial charge < -0.3 is 4.74 Å². The normalized spacial score (nSPS) is 19.1. The summed E-state index contributed by atoms with van der Waals surface area (Å²) >= 11 is 0. The average Bonchev–Trinajstić information content (AvgIpc) is 2.32. The van der Waals surface area contributed by atoms with E-state index in [-0.39, 0.29) is 0 Å². The third kappa shape index (κ3) is 4.93. The first-order valence-corrected chi connectivity index (χ1v) is 5.50. The highest BCUT2D eigenvalue weighted by Gasteiger charge is 2.66. The molecule has 0 aliphatic carbocycles. The Kier molecular flexibility index (Phi) is 6.11. The van der Waals surface area contributed by atoms with E-state index in [0.29, 0.717) is 6.92 Å². The molecule has 0 saturated heterocycles. The number of ether oxygens (including phenoxy) is 2. The summed E-state index contributed by atoms with van der Waals surface area (Å²) in [5, 5.41) is 0. The predicted octanol–water partition coefficient (Wildman–Crippen LogP) is 4.96. The lowest BCUT2D eigenvalue weighted by Gasteiger charge is -2.34. The van der Waals surface area contributed by atoms with Gasteiger partial charge in [0.2, 0.25) is 0 Å². The first-order valence-electron chi connectivity index (χ1n) is 5.50. The quantitative estimate of drug-likeness (QED) is 0.590. The van der Waals surface area contributed by atoms with E-state index in [2.05, 4.69) is 9.47 Å². The molecule has 0 radical (unpaired) electrons. The van der Waals surface area contributed by atoms with Crippen molar-refractivity contribution in [2.24, 2.45) is 0 Å². The van der Waals surface area contributed by atoms with Gasteiger partial charge in [-0.05, 0) is 0 Å². The Hall–Kier alpha value is -1.11. The van der Waals surface area contributed by atoms with Crippen molar-refractivity contribution in [2.45, 2.75) is 43.5 Å². The first-order chi connectivity index (χ1) is 9.92. The molecule has 13 heteroatoms. The molecule has 0 heterocycles. The number of alkyl halides is 10. The van der Waals surface area contributed by atoms with E-state index < -0.39 is 49.0 Å².